The summed E-state index contributed by atoms with van der Waals surface area (Å²) in [6.45, 7) is 5.44. The molecule has 88 valence electrons. The fraction of sp³-hybridized carbons (Fsp3) is 0.400. The van der Waals surface area contributed by atoms with Crippen molar-refractivity contribution in [2.24, 2.45) is 0 Å². The van der Waals surface area contributed by atoms with E-state index in [-0.39, 0.29) is 0 Å². The summed E-state index contributed by atoms with van der Waals surface area (Å²) < 4.78 is 5.10. The van der Waals surface area contributed by atoms with Gasteiger partial charge in [-0.05, 0) is 31.8 Å². The highest BCUT2D eigenvalue weighted by atomic mass is 79.9. The Labute approximate surface area is 107 Å². The van der Waals surface area contributed by atoms with Crippen molar-refractivity contribution in [2.75, 3.05) is 5.32 Å². The van der Waals surface area contributed by atoms with Crippen LogP contribution in [-0.2, 0) is 4.74 Å². The first-order valence-electron chi connectivity index (χ1n) is 4.63. The molecular weight excluding hydrogens is 292 g/mol. The Bertz CT molecular complexity index is 396. The van der Waals surface area contributed by atoms with Gasteiger partial charge in [0.2, 0.25) is 0 Å². The maximum atomic E-state index is 11.4. The van der Waals surface area contributed by atoms with Crippen LogP contribution in [0.1, 0.15) is 25.6 Å². The Kier molecular flexibility index (Phi) is 4.49. The Hall–Kier alpha value is -0.880. The van der Waals surface area contributed by atoms with Crippen LogP contribution in [0.4, 0.5) is 9.93 Å². The van der Waals surface area contributed by atoms with Gasteiger partial charge < -0.3 is 4.74 Å². The van der Waals surface area contributed by atoms with E-state index in [1.165, 1.54) is 11.3 Å². The monoisotopic (exact) mass is 304 g/mol. The molecule has 0 aliphatic rings. The van der Waals surface area contributed by atoms with E-state index in [0.717, 1.165) is 4.88 Å². The zero-order chi connectivity index (χ0) is 12.2. The summed E-state index contributed by atoms with van der Waals surface area (Å²) in [7, 11) is 0. The third-order valence-electron chi connectivity index (χ3n) is 1.36. The highest BCUT2D eigenvalue weighted by Gasteiger charge is 2.16. The van der Waals surface area contributed by atoms with E-state index in [4.69, 9.17) is 4.74 Å². The van der Waals surface area contributed by atoms with E-state index in [1.807, 2.05) is 26.8 Å². The molecule has 6 heteroatoms. The summed E-state index contributed by atoms with van der Waals surface area (Å²) in [5, 5.41) is 3.10. The zero-order valence-corrected chi connectivity index (χ0v) is 11.7. The number of ether oxygens (including phenoxy) is 1. The molecule has 0 aliphatic carbocycles. The Morgan fingerprint density at radius 1 is 1.62 bits per heavy atom. The van der Waals surface area contributed by atoms with Gasteiger partial charge in [-0.3, -0.25) is 5.32 Å². The maximum Gasteiger partial charge on any atom is 0.413 e. The lowest BCUT2D eigenvalue weighted by Gasteiger charge is -2.18. The molecule has 1 heterocycles. The van der Waals surface area contributed by atoms with E-state index in [0.29, 0.717) is 5.13 Å². The number of aromatic nitrogens is 1. The Morgan fingerprint density at radius 2 is 2.31 bits per heavy atom. The molecule has 1 aromatic heterocycles. The molecule has 0 bridgehead atoms. The third-order valence-corrected chi connectivity index (χ3v) is 2.50. The molecule has 1 N–H and O–H groups in total. The Balaban J connectivity index is 2.56. The first-order valence-corrected chi connectivity index (χ1v) is 6.36. The highest BCUT2D eigenvalue weighted by Crippen LogP contribution is 2.20. The van der Waals surface area contributed by atoms with E-state index in [9.17, 15) is 4.79 Å². The predicted octanol–water partition coefficient (Wildman–Crippen LogP) is 3.86. The van der Waals surface area contributed by atoms with E-state index in [1.54, 1.807) is 11.2 Å². The molecule has 0 saturated carbocycles. The molecule has 4 nitrogen and oxygen atoms in total. The van der Waals surface area contributed by atoms with Gasteiger partial charge in [-0.2, -0.15) is 0 Å². The van der Waals surface area contributed by atoms with Crippen molar-refractivity contribution in [2.45, 2.75) is 26.4 Å². The van der Waals surface area contributed by atoms with Gasteiger partial charge in [0.05, 0.1) is 0 Å². The molecule has 1 amide bonds. The quantitative estimate of drug-likeness (QED) is 0.902. The highest BCUT2D eigenvalue weighted by molar-refractivity contribution is 9.11. The first kappa shape index (κ1) is 13.2. The standard InChI is InChI=1S/C10H13BrN2O2S/c1-10(2,3)15-9(14)13-8-12-6-7(16-8)4-5-11/h4-6H,1-3H3,(H,12,13,14)/b5-4+. The van der Waals surface area contributed by atoms with Crippen LogP contribution < -0.4 is 5.32 Å². The summed E-state index contributed by atoms with van der Waals surface area (Å²) in [6.07, 6.45) is 3.03. The summed E-state index contributed by atoms with van der Waals surface area (Å²) in [5.41, 5.74) is -0.500. The SMILES string of the molecule is CC(C)(C)OC(=O)Nc1ncc(/C=C/Br)s1. The second-order valence-corrected chi connectivity index (χ2v) is 5.58. The molecule has 0 atom stereocenters. The zero-order valence-electron chi connectivity index (χ0n) is 9.28. The number of hydrogen-bond acceptors (Lipinski definition) is 4. The molecule has 0 aliphatic heterocycles. The number of thiazole rings is 1. The van der Waals surface area contributed by atoms with Crippen LogP contribution in [0.15, 0.2) is 11.2 Å². The van der Waals surface area contributed by atoms with E-state index >= 15 is 0 Å². The smallest absolute Gasteiger partial charge is 0.413 e. The normalized spacial score (nSPS) is 11.8. The van der Waals surface area contributed by atoms with Crippen molar-refractivity contribution in [1.82, 2.24) is 4.98 Å². The molecular formula is C10H13BrN2O2S. The fourth-order valence-electron chi connectivity index (χ4n) is 0.874. The molecule has 0 spiro atoms. The van der Waals surface area contributed by atoms with Gasteiger partial charge in [-0.15, -0.1) is 0 Å². The number of anilines is 1. The van der Waals surface area contributed by atoms with E-state index < -0.39 is 11.7 Å². The molecule has 0 unspecified atom stereocenters. The van der Waals surface area contributed by atoms with Crippen LogP contribution in [0, 0.1) is 0 Å². The largest absolute Gasteiger partial charge is 0.444 e. The number of rotatable bonds is 2. The van der Waals surface area contributed by atoms with Crippen LogP contribution in [0.2, 0.25) is 0 Å². The maximum absolute atomic E-state index is 11.4. The van der Waals surface area contributed by atoms with E-state index in [2.05, 4.69) is 26.2 Å². The number of amides is 1. The van der Waals surface area contributed by atoms with Gasteiger partial charge in [0, 0.05) is 11.1 Å². The number of nitrogens with zero attached hydrogens (tertiary/aromatic N) is 1. The second kappa shape index (κ2) is 5.45. The summed E-state index contributed by atoms with van der Waals surface area (Å²) in [5.74, 6) is 0. The van der Waals surface area contributed by atoms with Gasteiger partial charge in [-0.25, -0.2) is 9.78 Å². The predicted molar refractivity (Wildman–Crippen MR) is 69.9 cm³/mol. The van der Waals surface area contributed by atoms with Gasteiger partial charge in [0.15, 0.2) is 5.13 Å². The van der Waals surface area contributed by atoms with Crippen molar-refractivity contribution >= 4 is 44.6 Å². The molecule has 16 heavy (non-hydrogen) atoms. The van der Waals surface area contributed by atoms with Crippen molar-refractivity contribution in [1.29, 1.82) is 0 Å². The van der Waals surface area contributed by atoms with Crippen LogP contribution in [0.3, 0.4) is 0 Å². The molecule has 0 saturated heterocycles. The van der Waals surface area contributed by atoms with Crippen LogP contribution in [0.5, 0.6) is 0 Å². The van der Waals surface area contributed by atoms with Crippen LogP contribution in [0.25, 0.3) is 6.08 Å². The second-order valence-electron chi connectivity index (χ2n) is 3.99. The van der Waals surface area contributed by atoms with Crippen molar-refractivity contribution < 1.29 is 9.53 Å². The molecule has 1 aromatic rings. The van der Waals surface area contributed by atoms with Crippen molar-refractivity contribution in [3.8, 4) is 0 Å². The summed E-state index contributed by atoms with van der Waals surface area (Å²) in [4.78, 5) is 18.1. The van der Waals surface area contributed by atoms with Crippen LogP contribution >= 0.6 is 27.3 Å². The summed E-state index contributed by atoms with van der Waals surface area (Å²) >= 11 is 4.54. The average molecular weight is 305 g/mol. The fourth-order valence-corrected chi connectivity index (χ4v) is 2.04. The minimum Gasteiger partial charge on any atom is -0.444 e. The first-order chi connectivity index (χ1) is 7.40. The van der Waals surface area contributed by atoms with Gasteiger partial charge >= 0.3 is 6.09 Å². The number of hydrogen-bond donors (Lipinski definition) is 1. The van der Waals surface area contributed by atoms with Gasteiger partial charge in [0.25, 0.3) is 0 Å². The van der Waals surface area contributed by atoms with Crippen molar-refractivity contribution in [3.63, 3.8) is 0 Å². The Morgan fingerprint density at radius 3 is 2.88 bits per heavy atom. The number of carbonyl (C=O) groups excluding carboxylic acids is 1. The van der Waals surface area contributed by atoms with Gasteiger partial charge in [-0.1, -0.05) is 27.3 Å². The molecule has 0 radical (unpaired) electrons. The lowest BCUT2D eigenvalue weighted by atomic mass is 10.2. The topological polar surface area (TPSA) is 51.2 Å². The lowest BCUT2D eigenvalue weighted by molar-refractivity contribution is 0.0636. The summed E-state index contributed by atoms with van der Waals surface area (Å²) in [6, 6.07) is 0. The molecule has 0 aromatic carbocycles. The number of carbonyl (C=O) groups is 1. The van der Waals surface area contributed by atoms with Gasteiger partial charge in [0.1, 0.15) is 5.60 Å². The van der Waals surface area contributed by atoms with Crippen molar-refractivity contribution in [3.05, 3.63) is 16.1 Å². The number of halogens is 1. The third kappa shape index (κ3) is 4.76. The number of nitrogens with one attached hydrogen (secondary N) is 1. The lowest BCUT2D eigenvalue weighted by Crippen LogP contribution is -2.27. The van der Waals surface area contributed by atoms with Crippen LogP contribution in [-0.4, -0.2) is 16.7 Å². The minimum atomic E-state index is -0.500. The average Bonchev–Trinajstić information content (AvgIpc) is 2.49. The minimum absolute atomic E-state index is 0.490. The molecule has 0 fully saturated rings. The molecule has 1 rings (SSSR count).